The number of carbonyl (C=O) groups excluding carboxylic acids is 1. The molecule has 0 aromatic heterocycles. The van der Waals surface area contributed by atoms with E-state index in [0.717, 1.165) is 38.8 Å². The molecular weight excluding hydrogens is 220 g/mol. The molecule has 17 heavy (non-hydrogen) atoms. The van der Waals surface area contributed by atoms with E-state index in [1.165, 1.54) is 6.42 Å². The van der Waals surface area contributed by atoms with Gasteiger partial charge in [0.15, 0.2) is 0 Å². The fraction of sp³-hybridized carbons (Fsp3) is 0.833. The molecule has 1 heterocycles. The van der Waals surface area contributed by atoms with Crippen LogP contribution in [0, 0.1) is 0 Å². The van der Waals surface area contributed by atoms with Crippen LogP contribution >= 0.6 is 0 Å². The van der Waals surface area contributed by atoms with Crippen LogP contribution in [-0.2, 0) is 9.59 Å². The molecule has 0 unspecified atom stereocenters. The van der Waals surface area contributed by atoms with Crippen molar-refractivity contribution >= 4 is 11.9 Å². The first-order valence-electron chi connectivity index (χ1n) is 6.40. The molecule has 5 heteroatoms. The highest BCUT2D eigenvalue weighted by atomic mass is 16.4. The van der Waals surface area contributed by atoms with Gasteiger partial charge in [0.05, 0.1) is 13.1 Å². The molecule has 0 atom stereocenters. The predicted molar refractivity (Wildman–Crippen MR) is 62.7 cm³/mol. The van der Waals surface area contributed by atoms with Crippen LogP contribution in [0.2, 0.25) is 0 Å². The van der Waals surface area contributed by atoms with Gasteiger partial charge in [-0.25, -0.2) is 0 Å². The second-order valence-corrected chi connectivity index (χ2v) is 4.97. The summed E-state index contributed by atoms with van der Waals surface area (Å²) in [6.07, 6.45) is 5.41. The van der Waals surface area contributed by atoms with E-state index in [9.17, 15) is 9.59 Å². The lowest BCUT2D eigenvalue weighted by molar-refractivity contribution is -0.140. The summed E-state index contributed by atoms with van der Waals surface area (Å²) < 4.78 is 0. The Morgan fingerprint density at radius 3 is 2.29 bits per heavy atom. The molecule has 0 radical (unpaired) electrons. The normalized spacial score (nSPS) is 20.6. The number of likely N-dealkylation sites (tertiary alicyclic amines) is 1. The van der Waals surface area contributed by atoms with Crippen LogP contribution in [0.4, 0.5) is 0 Å². The molecular formula is C12H20N2O3. The molecule has 1 aliphatic heterocycles. The SMILES string of the molecule is O=C(O)CN(CC(=O)N1CCCCC1)C1CC1. The number of piperidine rings is 1. The van der Waals surface area contributed by atoms with Gasteiger partial charge < -0.3 is 10.0 Å². The maximum atomic E-state index is 12.0. The Morgan fingerprint density at radius 2 is 1.76 bits per heavy atom. The lowest BCUT2D eigenvalue weighted by Gasteiger charge is -2.29. The zero-order valence-corrected chi connectivity index (χ0v) is 10.1. The fourth-order valence-electron chi connectivity index (χ4n) is 2.34. The molecule has 5 nitrogen and oxygen atoms in total. The zero-order valence-electron chi connectivity index (χ0n) is 10.1. The third-order valence-electron chi connectivity index (χ3n) is 3.45. The van der Waals surface area contributed by atoms with E-state index in [0.29, 0.717) is 6.04 Å². The average molecular weight is 240 g/mol. The minimum absolute atomic E-state index is 0.00968. The van der Waals surface area contributed by atoms with Crippen LogP contribution in [0.15, 0.2) is 0 Å². The van der Waals surface area contributed by atoms with Crippen LogP contribution in [0.25, 0.3) is 0 Å². The number of carboxylic acids is 1. The number of carboxylic acid groups (broad SMARTS) is 1. The number of nitrogens with zero attached hydrogens (tertiary/aromatic N) is 2. The molecule has 2 rings (SSSR count). The lowest BCUT2D eigenvalue weighted by atomic mass is 10.1. The first-order chi connectivity index (χ1) is 8.16. The van der Waals surface area contributed by atoms with Crippen LogP contribution in [0.3, 0.4) is 0 Å². The van der Waals surface area contributed by atoms with Gasteiger partial charge in [-0.05, 0) is 32.1 Å². The first-order valence-corrected chi connectivity index (χ1v) is 6.40. The van der Waals surface area contributed by atoms with Crippen molar-refractivity contribution in [1.29, 1.82) is 0 Å². The summed E-state index contributed by atoms with van der Waals surface area (Å²) in [5.41, 5.74) is 0. The molecule has 0 bridgehead atoms. The molecule has 2 fully saturated rings. The highest BCUT2D eigenvalue weighted by Gasteiger charge is 2.32. The third kappa shape index (κ3) is 3.70. The number of rotatable bonds is 5. The summed E-state index contributed by atoms with van der Waals surface area (Å²) in [7, 11) is 0. The van der Waals surface area contributed by atoms with E-state index < -0.39 is 5.97 Å². The number of carbonyl (C=O) groups is 2. The van der Waals surface area contributed by atoms with Gasteiger partial charge in [0, 0.05) is 19.1 Å². The van der Waals surface area contributed by atoms with E-state index in [1.54, 1.807) is 4.90 Å². The molecule has 0 aromatic rings. The molecule has 1 N–H and O–H groups in total. The lowest BCUT2D eigenvalue weighted by Crippen LogP contribution is -2.44. The van der Waals surface area contributed by atoms with Gasteiger partial charge in [0.2, 0.25) is 5.91 Å². The minimum atomic E-state index is -0.844. The van der Waals surface area contributed by atoms with Gasteiger partial charge >= 0.3 is 5.97 Å². The Bertz CT molecular complexity index is 296. The highest BCUT2D eigenvalue weighted by Crippen LogP contribution is 2.26. The van der Waals surface area contributed by atoms with E-state index in [2.05, 4.69) is 0 Å². The summed E-state index contributed by atoms with van der Waals surface area (Å²) in [5, 5.41) is 8.82. The maximum absolute atomic E-state index is 12.0. The number of hydrogen-bond acceptors (Lipinski definition) is 3. The van der Waals surface area contributed by atoms with Crippen molar-refractivity contribution in [2.45, 2.75) is 38.1 Å². The monoisotopic (exact) mass is 240 g/mol. The van der Waals surface area contributed by atoms with Crippen LogP contribution in [-0.4, -0.2) is 59.0 Å². The van der Waals surface area contributed by atoms with Gasteiger partial charge in [-0.15, -0.1) is 0 Å². The standard InChI is InChI=1S/C12H20N2O3/c15-11(13-6-2-1-3-7-13)8-14(9-12(16)17)10-4-5-10/h10H,1-9H2,(H,16,17). The van der Waals surface area contributed by atoms with Crippen LogP contribution in [0.1, 0.15) is 32.1 Å². The van der Waals surface area contributed by atoms with Crippen molar-refractivity contribution in [3.63, 3.8) is 0 Å². The number of hydrogen-bond donors (Lipinski definition) is 1. The summed E-state index contributed by atoms with van der Waals surface area (Å²) >= 11 is 0. The van der Waals surface area contributed by atoms with Crippen molar-refractivity contribution in [2.24, 2.45) is 0 Å². The second kappa shape index (κ2) is 5.49. The van der Waals surface area contributed by atoms with E-state index in [1.807, 2.05) is 4.90 Å². The Labute approximate surface area is 101 Å². The van der Waals surface area contributed by atoms with Gasteiger partial charge in [-0.3, -0.25) is 14.5 Å². The Hall–Kier alpha value is -1.10. The highest BCUT2D eigenvalue weighted by molar-refractivity contribution is 5.79. The molecule has 1 saturated heterocycles. The topological polar surface area (TPSA) is 60.9 Å². The van der Waals surface area contributed by atoms with Crippen molar-refractivity contribution in [2.75, 3.05) is 26.2 Å². The van der Waals surface area contributed by atoms with E-state index >= 15 is 0 Å². The molecule has 1 aliphatic carbocycles. The summed E-state index contributed by atoms with van der Waals surface area (Å²) in [6.45, 7) is 1.94. The van der Waals surface area contributed by atoms with Gasteiger partial charge in [-0.2, -0.15) is 0 Å². The Kier molecular flexibility index (Phi) is 3.99. The number of amides is 1. The van der Waals surface area contributed by atoms with E-state index in [4.69, 9.17) is 5.11 Å². The van der Waals surface area contributed by atoms with Crippen LogP contribution < -0.4 is 0 Å². The second-order valence-electron chi connectivity index (χ2n) is 4.97. The van der Waals surface area contributed by atoms with Gasteiger partial charge in [-0.1, -0.05) is 0 Å². The molecule has 1 amide bonds. The van der Waals surface area contributed by atoms with Crippen molar-refractivity contribution < 1.29 is 14.7 Å². The smallest absolute Gasteiger partial charge is 0.317 e. The van der Waals surface area contributed by atoms with Crippen molar-refractivity contribution in [3.8, 4) is 0 Å². The molecule has 0 aromatic carbocycles. The first kappa shape index (κ1) is 12.4. The quantitative estimate of drug-likeness (QED) is 0.762. The average Bonchev–Trinajstić information content (AvgIpc) is 3.12. The summed E-state index contributed by atoms with van der Waals surface area (Å²) in [5.74, 6) is -0.749. The van der Waals surface area contributed by atoms with Gasteiger partial charge in [0.1, 0.15) is 0 Å². The van der Waals surface area contributed by atoms with Crippen LogP contribution in [0.5, 0.6) is 0 Å². The maximum Gasteiger partial charge on any atom is 0.317 e. The molecule has 1 saturated carbocycles. The molecule has 2 aliphatic rings. The summed E-state index contributed by atoms with van der Waals surface area (Å²) in [6, 6.07) is 0.319. The largest absolute Gasteiger partial charge is 0.480 e. The van der Waals surface area contributed by atoms with E-state index in [-0.39, 0.29) is 19.0 Å². The van der Waals surface area contributed by atoms with Crippen molar-refractivity contribution in [3.05, 3.63) is 0 Å². The zero-order chi connectivity index (χ0) is 12.3. The number of aliphatic carboxylic acids is 1. The fourth-order valence-corrected chi connectivity index (χ4v) is 2.34. The Morgan fingerprint density at radius 1 is 1.12 bits per heavy atom. The van der Waals surface area contributed by atoms with Crippen molar-refractivity contribution in [1.82, 2.24) is 9.80 Å². The van der Waals surface area contributed by atoms with Gasteiger partial charge in [0.25, 0.3) is 0 Å². The molecule has 96 valence electrons. The minimum Gasteiger partial charge on any atom is -0.480 e. The third-order valence-corrected chi connectivity index (χ3v) is 3.45. The predicted octanol–water partition coefficient (Wildman–Crippen LogP) is 0.548. The summed E-state index contributed by atoms with van der Waals surface area (Å²) in [4.78, 5) is 26.4. The molecule has 0 spiro atoms. The Balaban J connectivity index is 1.83.